The van der Waals surface area contributed by atoms with E-state index < -0.39 is 0 Å². The number of pyridine rings is 1. The van der Waals surface area contributed by atoms with Crippen LogP contribution < -0.4 is 5.32 Å². The van der Waals surface area contributed by atoms with Crippen molar-refractivity contribution in [2.45, 2.75) is 33.4 Å². The molecule has 0 spiro atoms. The van der Waals surface area contributed by atoms with Gasteiger partial charge in [0.2, 0.25) is 0 Å². The Morgan fingerprint density at radius 2 is 2.07 bits per heavy atom. The van der Waals surface area contributed by atoms with Crippen LogP contribution in [0.3, 0.4) is 0 Å². The quantitative estimate of drug-likeness (QED) is 0.444. The number of aromatic nitrogens is 6. The van der Waals surface area contributed by atoms with Crippen LogP contribution in [0.1, 0.15) is 31.1 Å². The molecule has 0 saturated carbocycles. The number of aryl methyl sites for hydroxylation is 2. The highest BCUT2D eigenvalue weighted by Gasteiger charge is 2.18. The van der Waals surface area contributed by atoms with Crippen LogP contribution in [0.5, 0.6) is 0 Å². The van der Waals surface area contributed by atoms with Gasteiger partial charge in [-0.05, 0) is 32.9 Å². The summed E-state index contributed by atoms with van der Waals surface area (Å²) in [6.45, 7) is 6.99. The van der Waals surface area contributed by atoms with E-state index in [1.807, 2.05) is 37.2 Å². The topological polar surface area (TPSA) is 76.3 Å². The molecule has 0 aliphatic carbocycles. The number of aromatic amines is 1. The molecule has 7 heteroatoms. The maximum absolute atomic E-state index is 5.04. The summed E-state index contributed by atoms with van der Waals surface area (Å²) in [4.78, 5) is 8.40. The average Bonchev–Trinajstić information content (AvgIpc) is 3.45. The lowest BCUT2D eigenvalue weighted by atomic mass is 10.1. The fraction of sp³-hybridized carbons (Fsp3) is 0.261. The van der Waals surface area contributed by atoms with Crippen LogP contribution in [0.2, 0.25) is 0 Å². The van der Waals surface area contributed by atoms with E-state index >= 15 is 0 Å². The summed E-state index contributed by atoms with van der Waals surface area (Å²) in [5.74, 6) is 0. The number of H-pyrrole nitrogens is 1. The second kappa shape index (κ2) is 7.02. The summed E-state index contributed by atoms with van der Waals surface area (Å²) in [5.41, 5.74) is 8.16. The van der Waals surface area contributed by atoms with Gasteiger partial charge in [-0.15, -0.1) is 0 Å². The number of rotatable bonds is 5. The third-order valence-electron chi connectivity index (χ3n) is 5.42. The normalized spacial score (nSPS) is 11.8. The first-order valence-electron chi connectivity index (χ1n) is 10.2. The van der Waals surface area contributed by atoms with Gasteiger partial charge in [-0.2, -0.15) is 10.2 Å². The van der Waals surface area contributed by atoms with Gasteiger partial charge in [0, 0.05) is 48.5 Å². The van der Waals surface area contributed by atoms with Crippen LogP contribution in [-0.4, -0.2) is 29.5 Å². The van der Waals surface area contributed by atoms with Crippen molar-refractivity contribution in [1.82, 2.24) is 29.5 Å². The monoisotopic (exact) mass is 399 g/mol. The smallest absolute Gasteiger partial charge is 0.114 e. The number of nitrogens with zero attached hydrogens (tertiary/aromatic N) is 5. The van der Waals surface area contributed by atoms with Gasteiger partial charge in [-0.1, -0.05) is 18.2 Å². The average molecular weight is 400 g/mol. The van der Waals surface area contributed by atoms with Crippen LogP contribution in [0, 0.1) is 6.92 Å². The molecule has 7 nitrogen and oxygen atoms in total. The number of hydrogen-bond donors (Lipinski definition) is 2. The molecule has 4 heterocycles. The van der Waals surface area contributed by atoms with Crippen LogP contribution in [-0.2, 0) is 13.6 Å². The molecule has 0 atom stereocenters. The van der Waals surface area contributed by atoms with Crippen molar-refractivity contribution in [1.29, 1.82) is 0 Å². The molecule has 1 aromatic carbocycles. The standard InChI is InChI=1S/C23H25N7/c1-14(2)30-23-20(25-11-16-12-26-29(4)13-16)10-19(27-21(23)15(3)28-30)18-7-5-6-17-8-9-24-22(17)18/h5-10,12-14,24H,11H2,1-4H3,(H,25,27). The van der Waals surface area contributed by atoms with Gasteiger partial charge in [0.05, 0.1) is 28.8 Å². The molecule has 0 radical (unpaired) electrons. The lowest BCUT2D eigenvalue weighted by Crippen LogP contribution is -2.07. The number of nitrogens with one attached hydrogen (secondary N) is 2. The first-order chi connectivity index (χ1) is 14.5. The highest BCUT2D eigenvalue weighted by atomic mass is 15.3. The van der Waals surface area contributed by atoms with E-state index in [4.69, 9.17) is 10.1 Å². The molecular weight excluding hydrogens is 374 g/mol. The Morgan fingerprint density at radius 1 is 1.20 bits per heavy atom. The van der Waals surface area contributed by atoms with Crippen LogP contribution in [0.25, 0.3) is 33.2 Å². The van der Waals surface area contributed by atoms with E-state index in [1.165, 1.54) is 5.39 Å². The lowest BCUT2D eigenvalue weighted by Gasteiger charge is -2.14. The molecule has 0 fully saturated rings. The predicted molar refractivity (Wildman–Crippen MR) is 120 cm³/mol. The van der Waals surface area contributed by atoms with Gasteiger partial charge in [0.15, 0.2) is 0 Å². The van der Waals surface area contributed by atoms with Crippen molar-refractivity contribution in [2.24, 2.45) is 7.05 Å². The summed E-state index contributed by atoms with van der Waals surface area (Å²) < 4.78 is 3.88. The minimum Gasteiger partial charge on any atom is -0.379 e. The molecular formula is C23H25N7. The zero-order valence-electron chi connectivity index (χ0n) is 17.6. The molecule has 0 aliphatic heterocycles. The van der Waals surface area contributed by atoms with E-state index in [0.717, 1.165) is 44.8 Å². The second-order valence-electron chi connectivity index (χ2n) is 8.00. The Balaban J connectivity index is 1.69. The predicted octanol–water partition coefficient (Wildman–Crippen LogP) is 4.81. The van der Waals surface area contributed by atoms with Gasteiger partial charge in [-0.25, -0.2) is 4.98 Å². The van der Waals surface area contributed by atoms with Crippen molar-refractivity contribution >= 4 is 27.6 Å². The van der Waals surface area contributed by atoms with E-state index in [1.54, 1.807) is 0 Å². The van der Waals surface area contributed by atoms with Crippen molar-refractivity contribution in [3.8, 4) is 11.3 Å². The van der Waals surface area contributed by atoms with E-state index in [-0.39, 0.29) is 6.04 Å². The number of fused-ring (bicyclic) bond motifs is 2. The molecule has 0 aliphatic rings. The molecule has 30 heavy (non-hydrogen) atoms. The summed E-state index contributed by atoms with van der Waals surface area (Å²) in [6, 6.07) is 10.7. The van der Waals surface area contributed by atoms with E-state index in [2.05, 4.69) is 64.3 Å². The molecule has 5 rings (SSSR count). The fourth-order valence-electron chi connectivity index (χ4n) is 3.99. The fourth-order valence-corrected chi connectivity index (χ4v) is 3.99. The molecule has 0 saturated heterocycles. The van der Waals surface area contributed by atoms with Gasteiger partial charge >= 0.3 is 0 Å². The third-order valence-corrected chi connectivity index (χ3v) is 5.42. The largest absolute Gasteiger partial charge is 0.379 e. The minimum absolute atomic E-state index is 0.236. The Bertz CT molecular complexity index is 1350. The Labute approximate surface area is 174 Å². The van der Waals surface area contributed by atoms with Gasteiger partial charge < -0.3 is 10.3 Å². The molecule has 0 unspecified atom stereocenters. The van der Waals surface area contributed by atoms with Crippen molar-refractivity contribution < 1.29 is 0 Å². The maximum Gasteiger partial charge on any atom is 0.114 e. The summed E-state index contributed by atoms with van der Waals surface area (Å²) in [5, 5.41) is 13.9. The molecule has 0 bridgehead atoms. The van der Waals surface area contributed by atoms with E-state index in [9.17, 15) is 0 Å². The first kappa shape index (κ1) is 18.4. The number of para-hydroxylation sites is 1. The molecule has 0 amide bonds. The second-order valence-corrected chi connectivity index (χ2v) is 8.00. The summed E-state index contributed by atoms with van der Waals surface area (Å²) >= 11 is 0. The zero-order chi connectivity index (χ0) is 20.8. The lowest BCUT2D eigenvalue weighted by molar-refractivity contribution is 0.547. The number of anilines is 1. The molecule has 152 valence electrons. The first-order valence-corrected chi connectivity index (χ1v) is 10.2. The SMILES string of the molecule is Cc1nn(C(C)C)c2c(NCc3cnn(C)c3)cc(-c3cccc4cc[nH]c34)nc12. The highest BCUT2D eigenvalue weighted by molar-refractivity contribution is 5.98. The van der Waals surface area contributed by atoms with Crippen LogP contribution >= 0.6 is 0 Å². The van der Waals surface area contributed by atoms with Crippen LogP contribution in [0.4, 0.5) is 5.69 Å². The summed E-state index contributed by atoms with van der Waals surface area (Å²) in [6.07, 6.45) is 5.88. The summed E-state index contributed by atoms with van der Waals surface area (Å²) in [7, 11) is 1.93. The highest BCUT2D eigenvalue weighted by Crippen LogP contribution is 2.34. The van der Waals surface area contributed by atoms with Crippen molar-refractivity contribution in [2.75, 3.05) is 5.32 Å². The minimum atomic E-state index is 0.236. The Hall–Kier alpha value is -3.61. The number of benzene rings is 1. The molecule has 5 aromatic rings. The Kier molecular flexibility index (Phi) is 4.31. The van der Waals surface area contributed by atoms with Crippen molar-refractivity contribution in [3.05, 3.63) is 60.2 Å². The number of hydrogen-bond acceptors (Lipinski definition) is 4. The maximum atomic E-state index is 5.04. The zero-order valence-corrected chi connectivity index (χ0v) is 17.6. The van der Waals surface area contributed by atoms with Crippen LogP contribution in [0.15, 0.2) is 48.9 Å². The van der Waals surface area contributed by atoms with Gasteiger partial charge in [-0.3, -0.25) is 9.36 Å². The van der Waals surface area contributed by atoms with Gasteiger partial charge in [0.1, 0.15) is 11.0 Å². The van der Waals surface area contributed by atoms with E-state index in [0.29, 0.717) is 6.54 Å². The molecule has 2 N–H and O–H groups in total. The van der Waals surface area contributed by atoms with Gasteiger partial charge in [0.25, 0.3) is 0 Å². The molecule has 4 aromatic heterocycles. The van der Waals surface area contributed by atoms with Crippen molar-refractivity contribution in [3.63, 3.8) is 0 Å². The third kappa shape index (κ3) is 3.03. The Morgan fingerprint density at radius 3 is 2.83 bits per heavy atom.